The van der Waals surface area contributed by atoms with Crippen molar-refractivity contribution in [2.45, 2.75) is 57.5 Å². The molecule has 0 heterocycles. The summed E-state index contributed by atoms with van der Waals surface area (Å²) in [6, 6.07) is 15.5. The van der Waals surface area contributed by atoms with Crippen molar-refractivity contribution in [3.63, 3.8) is 0 Å². The summed E-state index contributed by atoms with van der Waals surface area (Å²) < 4.78 is 36.1. The minimum Gasteiger partial charge on any atom is -0.490 e. The molecule has 2 aromatic rings. The van der Waals surface area contributed by atoms with Crippen LogP contribution in [0.5, 0.6) is 5.75 Å². The third-order valence-electron chi connectivity index (χ3n) is 7.35. The Hall–Kier alpha value is -2.60. The standard InChI is InChI=1S/C27H32O5S/c1-26(2)21-14-15-27(3,19-21)25(26)32-24(28)18-20-10-12-22(13-11-20)31-16-7-17-33(29,30)23-8-5-4-6-9-23/h4-13,17,21,25H,14-16,18-19H2,1-3H3/b17-7+/t21-,25-,27+/m1/s1. The topological polar surface area (TPSA) is 69.7 Å². The summed E-state index contributed by atoms with van der Waals surface area (Å²) in [5, 5.41) is 1.16. The predicted molar refractivity (Wildman–Crippen MR) is 128 cm³/mol. The maximum Gasteiger partial charge on any atom is 0.310 e. The number of sulfone groups is 1. The molecule has 0 amide bonds. The maximum atomic E-state index is 12.7. The zero-order valence-electron chi connectivity index (χ0n) is 19.5. The van der Waals surface area contributed by atoms with Gasteiger partial charge >= 0.3 is 5.97 Å². The highest BCUT2D eigenvalue weighted by Gasteiger charge is 2.61. The van der Waals surface area contributed by atoms with E-state index in [4.69, 9.17) is 9.47 Å². The molecule has 2 saturated carbocycles. The van der Waals surface area contributed by atoms with Gasteiger partial charge in [0.05, 0.1) is 11.3 Å². The van der Waals surface area contributed by atoms with E-state index in [1.165, 1.54) is 12.5 Å². The van der Waals surface area contributed by atoms with Gasteiger partial charge in [0.15, 0.2) is 9.84 Å². The highest BCUT2D eigenvalue weighted by atomic mass is 32.2. The summed E-state index contributed by atoms with van der Waals surface area (Å²) in [5.74, 6) is 1.05. The molecule has 33 heavy (non-hydrogen) atoms. The normalized spacial score (nSPS) is 25.9. The first-order valence-corrected chi connectivity index (χ1v) is 13.0. The van der Waals surface area contributed by atoms with Gasteiger partial charge in [-0.1, -0.05) is 51.1 Å². The fourth-order valence-electron chi connectivity index (χ4n) is 5.59. The van der Waals surface area contributed by atoms with E-state index < -0.39 is 9.84 Å². The van der Waals surface area contributed by atoms with Gasteiger partial charge in [-0.05, 0) is 61.1 Å². The van der Waals surface area contributed by atoms with Crippen LogP contribution in [-0.2, 0) is 25.8 Å². The molecule has 0 spiro atoms. The Bertz CT molecular complexity index is 1110. The molecule has 6 heteroatoms. The van der Waals surface area contributed by atoms with Gasteiger partial charge in [0.2, 0.25) is 0 Å². The Morgan fingerprint density at radius 2 is 1.76 bits per heavy atom. The minimum absolute atomic E-state index is 0.0296. The van der Waals surface area contributed by atoms with Gasteiger partial charge in [0, 0.05) is 16.2 Å². The fraction of sp³-hybridized carbons (Fsp3) is 0.444. The predicted octanol–water partition coefficient (Wildman–Crippen LogP) is 5.35. The lowest BCUT2D eigenvalue weighted by Gasteiger charge is -2.41. The average Bonchev–Trinajstić information content (AvgIpc) is 3.27. The SMILES string of the molecule is CC1(C)[C@@H]2CC[C@@](C)(C2)[C@@H]1OC(=O)Cc1ccc(OC/C=C/S(=O)(=O)c2ccccc2)cc1. The van der Waals surface area contributed by atoms with E-state index in [0.717, 1.165) is 23.8 Å². The number of fused-ring (bicyclic) bond motifs is 2. The number of esters is 1. The number of ether oxygens (including phenoxy) is 2. The van der Waals surface area contributed by atoms with E-state index in [-0.39, 0.29) is 40.8 Å². The first-order valence-electron chi connectivity index (χ1n) is 11.5. The van der Waals surface area contributed by atoms with Crippen LogP contribution in [0, 0.1) is 16.7 Å². The first kappa shape index (κ1) is 23.6. The third kappa shape index (κ3) is 5.01. The van der Waals surface area contributed by atoms with Crippen molar-refractivity contribution in [3.05, 3.63) is 71.6 Å². The van der Waals surface area contributed by atoms with Crippen molar-refractivity contribution in [2.24, 2.45) is 16.7 Å². The lowest BCUT2D eigenvalue weighted by atomic mass is 9.70. The molecule has 0 radical (unpaired) electrons. The molecule has 0 unspecified atom stereocenters. The molecule has 2 fully saturated rings. The molecular weight excluding hydrogens is 436 g/mol. The second-order valence-corrected chi connectivity index (χ2v) is 12.0. The zero-order chi connectivity index (χ0) is 23.7. The molecule has 2 aromatic carbocycles. The quantitative estimate of drug-likeness (QED) is 0.488. The Morgan fingerprint density at radius 3 is 2.39 bits per heavy atom. The molecule has 0 N–H and O–H groups in total. The van der Waals surface area contributed by atoms with Crippen LogP contribution in [-0.4, -0.2) is 27.1 Å². The van der Waals surface area contributed by atoms with Crippen LogP contribution >= 0.6 is 0 Å². The summed E-state index contributed by atoms with van der Waals surface area (Å²) in [7, 11) is -3.47. The van der Waals surface area contributed by atoms with E-state index in [1.807, 2.05) is 12.1 Å². The molecule has 5 nitrogen and oxygen atoms in total. The number of hydrogen-bond acceptors (Lipinski definition) is 5. The van der Waals surface area contributed by atoms with Crippen LogP contribution in [0.4, 0.5) is 0 Å². The molecule has 2 aliphatic carbocycles. The number of benzene rings is 2. The van der Waals surface area contributed by atoms with Gasteiger partial charge in [-0.15, -0.1) is 0 Å². The van der Waals surface area contributed by atoms with Crippen molar-refractivity contribution in [1.82, 2.24) is 0 Å². The van der Waals surface area contributed by atoms with Gasteiger partial charge in [0.25, 0.3) is 0 Å². The van der Waals surface area contributed by atoms with Gasteiger partial charge in [-0.2, -0.15) is 0 Å². The van der Waals surface area contributed by atoms with Crippen molar-refractivity contribution >= 4 is 15.8 Å². The number of rotatable bonds is 8. The zero-order valence-corrected chi connectivity index (χ0v) is 20.3. The lowest BCUT2D eigenvalue weighted by Crippen LogP contribution is -2.43. The molecule has 2 aliphatic rings. The fourth-order valence-corrected chi connectivity index (χ4v) is 6.62. The molecule has 4 rings (SSSR count). The summed E-state index contributed by atoms with van der Waals surface area (Å²) in [5.41, 5.74) is 0.992. The molecule has 176 valence electrons. The summed E-state index contributed by atoms with van der Waals surface area (Å²) in [4.78, 5) is 12.9. The molecule has 3 atom stereocenters. The van der Waals surface area contributed by atoms with Crippen molar-refractivity contribution in [3.8, 4) is 5.75 Å². The average molecular weight is 469 g/mol. The maximum absolute atomic E-state index is 12.7. The lowest BCUT2D eigenvalue weighted by molar-refractivity contribution is -0.163. The molecule has 0 aromatic heterocycles. The highest BCUT2D eigenvalue weighted by molar-refractivity contribution is 7.94. The van der Waals surface area contributed by atoms with Crippen LogP contribution < -0.4 is 4.74 Å². The van der Waals surface area contributed by atoms with E-state index in [9.17, 15) is 13.2 Å². The van der Waals surface area contributed by atoms with Gasteiger partial charge < -0.3 is 9.47 Å². The Labute approximate surface area is 196 Å². The molecular formula is C27H32O5S. The molecule has 2 bridgehead atoms. The van der Waals surface area contributed by atoms with E-state index in [1.54, 1.807) is 42.5 Å². The van der Waals surface area contributed by atoms with Gasteiger partial charge in [-0.25, -0.2) is 8.42 Å². The van der Waals surface area contributed by atoms with Crippen molar-refractivity contribution in [2.75, 3.05) is 6.61 Å². The van der Waals surface area contributed by atoms with Crippen molar-refractivity contribution in [1.29, 1.82) is 0 Å². The Kier molecular flexibility index (Phi) is 6.41. The number of carbonyl (C=O) groups excluding carboxylic acids is 1. The van der Waals surface area contributed by atoms with Crippen LogP contribution in [0.2, 0.25) is 0 Å². The summed E-state index contributed by atoms with van der Waals surface area (Å²) in [6.07, 6.45) is 5.18. The third-order valence-corrected chi connectivity index (χ3v) is 8.83. The molecule has 0 aliphatic heterocycles. The smallest absolute Gasteiger partial charge is 0.310 e. The largest absolute Gasteiger partial charge is 0.490 e. The highest BCUT2D eigenvalue weighted by Crippen LogP contribution is 2.63. The van der Waals surface area contributed by atoms with Crippen LogP contribution in [0.3, 0.4) is 0 Å². The first-order chi connectivity index (χ1) is 15.6. The van der Waals surface area contributed by atoms with Gasteiger partial charge in [0.1, 0.15) is 18.5 Å². The van der Waals surface area contributed by atoms with E-state index >= 15 is 0 Å². The Balaban J connectivity index is 1.28. The summed E-state index contributed by atoms with van der Waals surface area (Å²) in [6.45, 7) is 6.84. The number of carbonyl (C=O) groups is 1. The second-order valence-electron chi connectivity index (χ2n) is 10.1. The second kappa shape index (κ2) is 8.98. The van der Waals surface area contributed by atoms with Gasteiger partial charge in [-0.3, -0.25) is 4.79 Å². The van der Waals surface area contributed by atoms with Crippen LogP contribution in [0.25, 0.3) is 0 Å². The van der Waals surface area contributed by atoms with Crippen LogP contribution in [0.1, 0.15) is 45.6 Å². The van der Waals surface area contributed by atoms with Crippen LogP contribution in [0.15, 0.2) is 71.0 Å². The minimum atomic E-state index is -3.47. The number of hydrogen-bond donors (Lipinski definition) is 0. The van der Waals surface area contributed by atoms with Crippen molar-refractivity contribution < 1.29 is 22.7 Å². The summed E-state index contributed by atoms with van der Waals surface area (Å²) >= 11 is 0. The van der Waals surface area contributed by atoms with E-state index in [2.05, 4.69) is 20.8 Å². The Morgan fingerprint density at radius 1 is 1.06 bits per heavy atom. The molecule has 0 saturated heterocycles. The van der Waals surface area contributed by atoms with E-state index in [0.29, 0.717) is 11.7 Å². The monoisotopic (exact) mass is 468 g/mol.